The summed E-state index contributed by atoms with van der Waals surface area (Å²) < 4.78 is 11.5. The summed E-state index contributed by atoms with van der Waals surface area (Å²) in [6.07, 6.45) is 0.859. The van der Waals surface area contributed by atoms with Crippen molar-refractivity contribution in [2.45, 2.75) is 20.3 Å². The molecule has 0 radical (unpaired) electrons. The first-order valence-corrected chi connectivity index (χ1v) is 10.8. The fraction of sp³-hybridized carbons (Fsp3) is 0.174. The van der Waals surface area contributed by atoms with Crippen molar-refractivity contribution < 1.29 is 24.1 Å². The van der Waals surface area contributed by atoms with E-state index in [0.717, 1.165) is 6.42 Å². The van der Waals surface area contributed by atoms with Gasteiger partial charge >= 0.3 is 5.97 Å². The second kappa shape index (κ2) is 10.5. The lowest BCUT2D eigenvalue weighted by molar-refractivity contribution is 0.0696. The highest BCUT2D eigenvalue weighted by atomic mass is 16.6. The number of anilines is 1. The van der Waals surface area contributed by atoms with E-state index in [-0.39, 0.29) is 34.3 Å². The fourth-order valence-electron chi connectivity index (χ4n) is 3.34. The van der Waals surface area contributed by atoms with E-state index in [2.05, 4.69) is 35.8 Å². The molecule has 0 bridgehead atoms. The largest absolute Gasteiger partial charge is 0.494 e. The lowest BCUT2D eigenvalue weighted by Crippen LogP contribution is -2.21. The molecule has 0 aliphatic heterocycles. The number of carbonyl (C=O) groups excluding carboxylic acids is 1. The average molecular weight is 490 g/mol. The van der Waals surface area contributed by atoms with Crippen molar-refractivity contribution in [3.63, 3.8) is 0 Å². The molecule has 13 nitrogen and oxygen atoms in total. The molecule has 0 atom stereocenters. The molecule has 0 unspecified atom stereocenters. The van der Waals surface area contributed by atoms with Gasteiger partial charge in [-0.3, -0.25) is 4.79 Å². The molecule has 4 aromatic rings. The highest BCUT2D eigenvalue weighted by Gasteiger charge is 2.25. The highest BCUT2D eigenvalue weighted by molar-refractivity contribution is 6.08. The van der Waals surface area contributed by atoms with E-state index in [9.17, 15) is 14.7 Å². The first-order chi connectivity index (χ1) is 17.4. The molecule has 0 saturated carbocycles. The zero-order chi connectivity index (χ0) is 25.7. The van der Waals surface area contributed by atoms with Crippen LogP contribution in [0.1, 0.15) is 46.7 Å². The number of carboxylic acid groups (broad SMARTS) is 1. The molecule has 0 fully saturated rings. The lowest BCUT2D eigenvalue weighted by Gasteiger charge is -2.09. The van der Waals surface area contributed by atoms with Crippen LogP contribution in [0.5, 0.6) is 5.75 Å². The molecule has 4 rings (SSSR count). The molecule has 13 heteroatoms. The van der Waals surface area contributed by atoms with Gasteiger partial charge in [-0.25, -0.2) is 14.8 Å². The molecule has 0 spiro atoms. The number of amides is 1. The molecule has 0 saturated heterocycles. The summed E-state index contributed by atoms with van der Waals surface area (Å²) in [7, 11) is 0. The van der Waals surface area contributed by atoms with Crippen LogP contribution in [0.25, 0.3) is 17.1 Å². The third-order valence-electron chi connectivity index (χ3n) is 5.05. The van der Waals surface area contributed by atoms with Crippen molar-refractivity contribution in [3.05, 3.63) is 65.4 Å². The SMILES string of the molecule is CCCOc1ccc(-c2c(C(=O)N/N=C(/C)c3ccccc3C(=O)O)nnn2-c2nonc2N)cc1. The van der Waals surface area contributed by atoms with E-state index < -0.39 is 11.9 Å². The molecule has 2 heterocycles. The van der Waals surface area contributed by atoms with Crippen LogP contribution in [-0.4, -0.2) is 54.6 Å². The Kier molecular flexibility index (Phi) is 6.99. The van der Waals surface area contributed by atoms with E-state index in [1.165, 1.54) is 10.7 Å². The van der Waals surface area contributed by atoms with Crippen molar-refractivity contribution in [2.24, 2.45) is 5.10 Å². The number of carbonyl (C=O) groups is 2. The predicted octanol–water partition coefficient (Wildman–Crippen LogP) is 2.54. The summed E-state index contributed by atoms with van der Waals surface area (Å²) >= 11 is 0. The van der Waals surface area contributed by atoms with Gasteiger partial charge in [-0.15, -0.1) is 5.10 Å². The van der Waals surface area contributed by atoms with Gasteiger partial charge in [0.15, 0.2) is 5.69 Å². The number of hydrazone groups is 1. The van der Waals surface area contributed by atoms with Gasteiger partial charge in [0, 0.05) is 11.1 Å². The average Bonchev–Trinajstić information content (AvgIpc) is 3.52. The Bertz CT molecular complexity index is 1420. The topological polar surface area (TPSA) is 184 Å². The lowest BCUT2D eigenvalue weighted by atomic mass is 10.0. The number of ether oxygens (including phenoxy) is 1. The summed E-state index contributed by atoms with van der Waals surface area (Å²) in [5.74, 6) is -1.13. The molecular formula is C23H22N8O5. The number of nitrogens with two attached hydrogens (primary N) is 1. The van der Waals surface area contributed by atoms with Crippen LogP contribution in [0, 0.1) is 0 Å². The predicted molar refractivity (Wildman–Crippen MR) is 128 cm³/mol. The van der Waals surface area contributed by atoms with Crippen LogP contribution >= 0.6 is 0 Å². The molecule has 184 valence electrons. The molecule has 2 aromatic carbocycles. The number of benzene rings is 2. The minimum absolute atomic E-state index is 0.0462. The quantitative estimate of drug-likeness (QED) is 0.233. The molecule has 0 aliphatic carbocycles. The van der Waals surface area contributed by atoms with Gasteiger partial charge in [0.1, 0.15) is 11.4 Å². The fourth-order valence-corrected chi connectivity index (χ4v) is 3.34. The van der Waals surface area contributed by atoms with E-state index in [0.29, 0.717) is 23.5 Å². The third kappa shape index (κ3) is 4.89. The number of hydrogen-bond acceptors (Lipinski definition) is 10. The van der Waals surface area contributed by atoms with Gasteiger partial charge in [-0.1, -0.05) is 30.3 Å². The zero-order valence-corrected chi connectivity index (χ0v) is 19.4. The van der Waals surface area contributed by atoms with Crippen molar-refractivity contribution in [2.75, 3.05) is 12.3 Å². The summed E-state index contributed by atoms with van der Waals surface area (Å²) in [6, 6.07) is 13.3. The molecule has 36 heavy (non-hydrogen) atoms. The number of carboxylic acids is 1. The monoisotopic (exact) mass is 490 g/mol. The van der Waals surface area contributed by atoms with Crippen molar-refractivity contribution in [1.82, 2.24) is 30.7 Å². The Hall–Kier alpha value is -5.07. The van der Waals surface area contributed by atoms with Crippen LogP contribution in [0.3, 0.4) is 0 Å². The smallest absolute Gasteiger partial charge is 0.336 e. The summed E-state index contributed by atoms with van der Waals surface area (Å²) in [5.41, 5.74) is 9.70. The number of aromatic carboxylic acids is 1. The highest BCUT2D eigenvalue weighted by Crippen LogP contribution is 2.28. The maximum Gasteiger partial charge on any atom is 0.336 e. The Labute approximate surface area is 204 Å². The van der Waals surface area contributed by atoms with Crippen LogP contribution in [0.4, 0.5) is 5.82 Å². The Balaban J connectivity index is 1.69. The van der Waals surface area contributed by atoms with Gasteiger partial charge in [0.05, 0.1) is 17.9 Å². The Morgan fingerprint density at radius 1 is 1.14 bits per heavy atom. The van der Waals surface area contributed by atoms with Crippen LogP contribution in [0.2, 0.25) is 0 Å². The summed E-state index contributed by atoms with van der Waals surface area (Å²) in [4.78, 5) is 24.6. The van der Waals surface area contributed by atoms with Gasteiger partial charge in [-0.2, -0.15) is 9.78 Å². The summed E-state index contributed by atoms with van der Waals surface area (Å²) in [5, 5.41) is 28.8. The summed E-state index contributed by atoms with van der Waals surface area (Å²) in [6.45, 7) is 4.15. The van der Waals surface area contributed by atoms with Crippen LogP contribution in [-0.2, 0) is 0 Å². The van der Waals surface area contributed by atoms with E-state index in [4.69, 9.17) is 10.5 Å². The zero-order valence-electron chi connectivity index (χ0n) is 19.4. The van der Waals surface area contributed by atoms with E-state index in [1.807, 2.05) is 6.92 Å². The second-order valence-electron chi connectivity index (χ2n) is 7.53. The first kappa shape index (κ1) is 24.1. The maximum absolute atomic E-state index is 13.1. The Morgan fingerprint density at radius 3 is 2.50 bits per heavy atom. The third-order valence-corrected chi connectivity index (χ3v) is 5.05. The standard InChI is InChI=1S/C23H22N8O5/c1-3-12-35-15-10-8-14(9-11-15)19-18(26-30-31(19)21-20(24)28-36-29-21)22(32)27-25-13(2)16-6-4-5-7-17(16)23(33)34/h4-11H,3,12H2,1-2H3,(H2,24,28)(H,27,32)(H,33,34)/b25-13-. The number of aromatic nitrogens is 5. The molecule has 4 N–H and O–H groups in total. The maximum atomic E-state index is 13.1. The van der Waals surface area contributed by atoms with Crippen molar-refractivity contribution in [3.8, 4) is 22.8 Å². The second-order valence-corrected chi connectivity index (χ2v) is 7.53. The van der Waals surface area contributed by atoms with Gasteiger partial charge in [-0.05, 0) is 54.0 Å². The first-order valence-electron chi connectivity index (χ1n) is 10.8. The number of nitrogens with one attached hydrogen (secondary N) is 1. The van der Waals surface area contributed by atoms with Crippen molar-refractivity contribution >= 4 is 23.4 Å². The molecule has 1 amide bonds. The van der Waals surface area contributed by atoms with Crippen molar-refractivity contribution in [1.29, 1.82) is 0 Å². The normalized spacial score (nSPS) is 11.3. The number of hydrogen-bond donors (Lipinski definition) is 3. The van der Waals surface area contributed by atoms with Crippen LogP contribution in [0.15, 0.2) is 58.3 Å². The molecule has 2 aromatic heterocycles. The van der Waals surface area contributed by atoms with E-state index in [1.54, 1.807) is 49.4 Å². The van der Waals surface area contributed by atoms with E-state index >= 15 is 0 Å². The number of rotatable bonds is 9. The minimum atomic E-state index is -1.11. The van der Waals surface area contributed by atoms with Gasteiger partial charge < -0.3 is 15.6 Å². The van der Waals surface area contributed by atoms with Gasteiger partial charge in [0.2, 0.25) is 11.6 Å². The number of nitrogen functional groups attached to an aromatic ring is 1. The molecule has 0 aliphatic rings. The minimum Gasteiger partial charge on any atom is -0.494 e. The Morgan fingerprint density at radius 2 is 1.86 bits per heavy atom. The molecular weight excluding hydrogens is 468 g/mol. The van der Waals surface area contributed by atoms with Crippen LogP contribution < -0.4 is 15.9 Å². The van der Waals surface area contributed by atoms with Gasteiger partial charge in [0.25, 0.3) is 5.91 Å². The number of nitrogens with zero attached hydrogens (tertiary/aromatic N) is 6.